The van der Waals surface area contributed by atoms with Crippen molar-refractivity contribution in [1.29, 1.82) is 0 Å². The van der Waals surface area contributed by atoms with Gasteiger partial charge in [0.15, 0.2) is 0 Å². The lowest BCUT2D eigenvalue weighted by Gasteiger charge is -2.52. The topological polar surface area (TPSA) is 26.7 Å². The standard InChI is InChI=1S/C15H23BrN2O/c1-15(2)11-17(3)10-14(8-9-19)18(15)13-6-4-12(16)5-7-13/h4-7,14,19H,8-11H2,1-3H3. The van der Waals surface area contributed by atoms with Crippen molar-refractivity contribution in [2.24, 2.45) is 0 Å². The van der Waals surface area contributed by atoms with E-state index < -0.39 is 0 Å². The summed E-state index contributed by atoms with van der Waals surface area (Å²) in [6.45, 7) is 6.82. The first-order valence-electron chi connectivity index (χ1n) is 6.78. The molecule has 1 aromatic rings. The van der Waals surface area contributed by atoms with Crippen LogP contribution in [-0.4, -0.2) is 48.3 Å². The zero-order valence-electron chi connectivity index (χ0n) is 11.9. The van der Waals surface area contributed by atoms with E-state index in [2.05, 4.69) is 70.9 Å². The third-order valence-corrected chi connectivity index (χ3v) is 4.29. The van der Waals surface area contributed by atoms with Gasteiger partial charge in [0.05, 0.1) is 0 Å². The molecule has 0 bridgehead atoms. The molecule has 4 heteroatoms. The maximum absolute atomic E-state index is 9.33. The van der Waals surface area contributed by atoms with Crippen LogP contribution in [0, 0.1) is 0 Å². The largest absolute Gasteiger partial charge is 0.396 e. The smallest absolute Gasteiger partial charge is 0.0476 e. The summed E-state index contributed by atoms with van der Waals surface area (Å²) in [7, 11) is 2.16. The second-order valence-electron chi connectivity index (χ2n) is 6.02. The van der Waals surface area contributed by atoms with Crippen LogP contribution in [0.5, 0.6) is 0 Å². The highest BCUT2D eigenvalue weighted by molar-refractivity contribution is 9.10. The SMILES string of the molecule is CN1CC(CCO)N(c2ccc(Br)cc2)C(C)(C)C1. The fourth-order valence-electron chi connectivity index (χ4n) is 3.27. The molecule has 0 saturated carbocycles. The Balaban J connectivity index is 2.33. The first kappa shape index (κ1) is 14.8. The van der Waals surface area contributed by atoms with Gasteiger partial charge in [0.2, 0.25) is 0 Å². The average Bonchev–Trinajstić information content (AvgIpc) is 2.30. The highest BCUT2D eigenvalue weighted by atomic mass is 79.9. The first-order chi connectivity index (χ1) is 8.94. The van der Waals surface area contributed by atoms with Crippen LogP contribution in [0.2, 0.25) is 0 Å². The van der Waals surface area contributed by atoms with E-state index in [-0.39, 0.29) is 12.1 Å². The van der Waals surface area contributed by atoms with Crippen LogP contribution in [0.1, 0.15) is 20.3 Å². The van der Waals surface area contributed by atoms with E-state index in [9.17, 15) is 5.11 Å². The summed E-state index contributed by atoms with van der Waals surface area (Å²) >= 11 is 3.49. The molecule has 0 spiro atoms. The highest BCUT2D eigenvalue weighted by Crippen LogP contribution is 2.32. The summed E-state index contributed by atoms with van der Waals surface area (Å²) in [4.78, 5) is 4.82. The van der Waals surface area contributed by atoms with Crippen molar-refractivity contribution in [3.63, 3.8) is 0 Å². The van der Waals surface area contributed by atoms with Crippen molar-refractivity contribution in [1.82, 2.24) is 4.90 Å². The van der Waals surface area contributed by atoms with Crippen LogP contribution in [-0.2, 0) is 0 Å². The number of hydrogen-bond acceptors (Lipinski definition) is 3. The van der Waals surface area contributed by atoms with Crippen LogP contribution < -0.4 is 4.90 Å². The fourth-order valence-corrected chi connectivity index (χ4v) is 3.53. The van der Waals surface area contributed by atoms with Crippen LogP contribution in [0.25, 0.3) is 0 Å². The van der Waals surface area contributed by atoms with Gasteiger partial charge in [-0.1, -0.05) is 15.9 Å². The number of aliphatic hydroxyl groups is 1. The van der Waals surface area contributed by atoms with Gasteiger partial charge >= 0.3 is 0 Å². The van der Waals surface area contributed by atoms with Crippen molar-refractivity contribution in [3.05, 3.63) is 28.7 Å². The molecule has 1 atom stereocenters. The predicted octanol–water partition coefficient (Wildman–Crippen LogP) is 2.73. The number of rotatable bonds is 3. The van der Waals surface area contributed by atoms with Crippen molar-refractivity contribution in [3.8, 4) is 0 Å². The minimum Gasteiger partial charge on any atom is -0.396 e. The molecule has 2 rings (SSSR count). The lowest BCUT2D eigenvalue weighted by Crippen LogP contribution is -2.63. The zero-order chi connectivity index (χ0) is 14.0. The minimum absolute atomic E-state index is 0.0701. The van der Waals surface area contributed by atoms with Crippen molar-refractivity contribution in [2.45, 2.75) is 31.8 Å². The van der Waals surface area contributed by atoms with Crippen molar-refractivity contribution in [2.75, 3.05) is 31.6 Å². The number of hydrogen-bond donors (Lipinski definition) is 1. The Morgan fingerprint density at radius 1 is 1.32 bits per heavy atom. The summed E-state index contributed by atoms with van der Waals surface area (Å²) in [6.07, 6.45) is 0.809. The van der Waals surface area contributed by atoms with Crippen molar-refractivity contribution >= 4 is 21.6 Å². The lowest BCUT2D eigenvalue weighted by molar-refractivity contribution is 0.159. The zero-order valence-corrected chi connectivity index (χ0v) is 13.5. The lowest BCUT2D eigenvalue weighted by atomic mass is 9.92. The molecule has 1 fully saturated rings. The molecule has 0 radical (unpaired) electrons. The molecule has 0 aliphatic carbocycles. The van der Waals surface area contributed by atoms with E-state index in [4.69, 9.17) is 0 Å². The van der Waals surface area contributed by atoms with Gasteiger partial charge < -0.3 is 14.9 Å². The molecule has 1 N–H and O–H groups in total. The van der Waals surface area contributed by atoms with Crippen LogP contribution in [0.15, 0.2) is 28.7 Å². The average molecular weight is 327 g/mol. The first-order valence-corrected chi connectivity index (χ1v) is 7.57. The van der Waals surface area contributed by atoms with E-state index in [0.717, 1.165) is 24.0 Å². The fraction of sp³-hybridized carbons (Fsp3) is 0.600. The summed E-state index contributed by atoms with van der Waals surface area (Å²) < 4.78 is 1.10. The Morgan fingerprint density at radius 2 is 1.95 bits per heavy atom. The van der Waals surface area contributed by atoms with E-state index in [1.165, 1.54) is 5.69 Å². The summed E-state index contributed by atoms with van der Waals surface area (Å²) in [5, 5.41) is 9.33. The molecule has 1 saturated heterocycles. The predicted molar refractivity (Wildman–Crippen MR) is 83.7 cm³/mol. The number of halogens is 1. The molecule has 1 heterocycles. The van der Waals surface area contributed by atoms with Gasteiger partial charge in [-0.15, -0.1) is 0 Å². The number of nitrogens with zero attached hydrogens (tertiary/aromatic N) is 2. The Kier molecular flexibility index (Phi) is 4.54. The second-order valence-corrected chi connectivity index (χ2v) is 6.94. The van der Waals surface area contributed by atoms with Gasteiger partial charge in [0, 0.05) is 41.4 Å². The Bertz CT molecular complexity index is 419. The maximum atomic E-state index is 9.33. The number of anilines is 1. The summed E-state index contributed by atoms with van der Waals surface area (Å²) in [5.41, 5.74) is 1.31. The van der Waals surface area contributed by atoms with Gasteiger partial charge in [0.25, 0.3) is 0 Å². The molecule has 1 unspecified atom stereocenters. The van der Waals surface area contributed by atoms with Gasteiger partial charge in [-0.2, -0.15) is 0 Å². The van der Waals surface area contributed by atoms with Gasteiger partial charge in [-0.25, -0.2) is 0 Å². The van der Waals surface area contributed by atoms with Crippen LogP contribution in [0.3, 0.4) is 0 Å². The van der Waals surface area contributed by atoms with E-state index >= 15 is 0 Å². The van der Waals surface area contributed by atoms with Crippen LogP contribution >= 0.6 is 15.9 Å². The number of likely N-dealkylation sites (N-methyl/N-ethyl adjacent to an activating group) is 1. The molecule has 3 nitrogen and oxygen atoms in total. The second kappa shape index (κ2) is 5.81. The van der Waals surface area contributed by atoms with E-state index in [0.29, 0.717) is 6.04 Å². The third kappa shape index (κ3) is 3.30. The molecular weight excluding hydrogens is 304 g/mol. The Hall–Kier alpha value is -0.580. The Morgan fingerprint density at radius 3 is 2.53 bits per heavy atom. The van der Waals surface area contributed by atoms with E-state index in [1.807, 2.05) is 0 Å². The van der Waals surface area contributed by atoms with Gasteiger partial charge in [0.1, 0.15) is 0 Å². The van der Waals surface area contributed by atoms with Gasteiger partial charge in [-0.3, -0.25) is 0 Å². The number of aliphatic hydroxyl groups excluding tert-OH is 1. The minimum atomic E-state index is 0.0701. The van der Waals surface area contributed by atoms with Gasteiger partial charge in [-0.05, 0) is 51.6 Å². The number of piperazine rings is 1. The van der Waals surface area contributed by atoms with Crippen molar-refractivity contribution < 1.29 is 5.11 Å². The van der Waals surface area contributed by atoms with Crippen LogP contribution in [0.4, 0.5) is 5.69 Å². The maximum Gasteiger partial charge on any atom is 0.0476 e. The monoisotopic (exact) mass is 326 g/mol. The van der Waals surface area contributed by atoms with E-state index in [1.54, 1.807) is 0 Å². The molecule has 1 aliphatic rings. The molecule has 0 aromatic heterocycles. The molecule has 19 heavy (non-hydrogen) atoms. The summed E-state index contributed by atoms with van der Waals surface area (Å²) in [6, 6.07) is 8.84. The number of benzene rings is 1. The molecule has 0 amide bonds. The molecule has 106 valence electrons. The normalized spacial score (nSPS) is 23.6. The quantitative estimate of drug-likeness (QED) is 0.925. The molecule has 1 aliphatic heterocycles. The molecule has 1 aromatic carbocycles. The highest BCUT2D eigenvalue weighted by Gasteiger charge is 2.38. The molecular formula is C15H23BrN2O. The Labute approximate surface area is 124 Å². The third-order valence-electron chi connectivity index (χ3n) is 3.76. The summed E-state index contributed by atoms with van der Waals surface area (Å²) in [5.74, 6) is 0.